The molecule has 0 radical (unpaired) electrons. The van der Waals surface area contributed by atoms with Crippen molar-refractivity contribution in [1.29, 1.82) is 0 Å². The van der Waals surface area contributed by atoms with E-state index in [1.807, 2.05) is 0 Å². The first kappa shape index (κ1) is 8.07. The smallest absolute Gasteiger partial charge is 0.323 e. The monoisotopic (exact) mass is 156 g/mol. The standard InChI is InChI=1S/C6H8N2O3/c7-8-4-5(9)3-6-10-1-2-11-6/h4,6H,1-3H2. The number of hydrogen-bond acceptors (Lipinski definition) is 3. The molecule has 1 fully saturated rings. The van der Waals surface area contributed by atoms with E-state index in [0.29, 0.717) is 13.2 Å². The van der Waals surface area contributed by atoms with Gasteiger partial charge in [0.1, 0.15) is 0 Å². The minimum absolute atomic E-state index is 0.115. The highest BCUT2D eigenvalue weighted by Gasteiger charge is 2.19. The number of ether oxygens (including phenoxy) is 2. The number of Topliss-reactive ketones (excluding diaryl/α,β-unsaturated/α-hetero) is 1. The highest BCUT2D eigenvalue weighted by Crippen LogP contribution is 2.06. The molecular formula is C6H8N2O3. The lowest BCUT2D eigenvalue weighted by molar-refractivity contribution is -0.124. The van der Waals surface area contributed by atoms with Crippen molar-refractivity contribution < 1.29 is 19.1 Å². The molecule has 0 aromatic carbocycles. The summed E-state index contributed by atoms with van der Waals surface area (Å²) in [6, 6.07) is 0. The average Bonchev–Trinajstić information content (AvgIpc) is 2.40. The van der Waals surface area contributed by atoms with Crippen LogP contribution in [0.5, 0.6) is 0 Å². The van der Waals surface area contributed by atoms with E-state index >= 15 is 0 Å². The molecule has 0 amide bonds. The first-order valence-corrected chi connectivity index (χ1v) is 3.26. The molecule has 5 heteroatoms. The van der Waals surface area contributed by atoms with Crippen molar-refractivity contribution >= 4 is 12.0 Å². The molecule has 0 saturated carbocycles. The molecule has 0 aliphatic carbocycles. The Labute approximate surface area is 63.5 Å². The second-order valence-corrected chi connectivity index (χ2v) is 2.09. The van der Waals surface area contributed by atoms with E-state index in [-0.39, 0.29) is 12.2 Å². The summed E-state index contributed by atoms with van der Waals surface area (Å²) in [4.78, 5) is 13.3. The minimum Gasteiger partial charge on any atom is -0.361 e. The van der Waals surface area contributed by atoms with Gasteiger partial charge in [-0.15, -0.1) is 0 Å². The van der Waals surface area contributed by atoms with E-state index < -0.39 is 6.29 Å². The van der Waals surface area contributed by atoms with Crippen LogP contribution in [0.2, 0.25) is 0 Å². The molecule has 1 heterocycles. The summed E-state index contributed by atoms with van der Waals surface area (Å²) in [5.74, 6) is -0.306. The van der Waals surface area contributed by atoms with Crippen molar-refractivity contribution in [2.75, 3.05) is 13.2 Å². The highest BCUT2D eigenvalue weighted by molar-refractivity contribution is 6.25. The lowest BCUT2D eigenvalue weighted by Gasteiger charge is -2.02. The van der Waals surface area contributed by atoms with Gasteiger partial charge in [-0.05, 0) is 0 Å². The number of ketones is 1. The fraction of sp³-hybridized carbons (Fsp3) is 0.667. The average molecular weight is 156 g/mol. The van der Waals surface area contributed by atoms with Gasteiger partial charge in [0.05, 0.1) is 19.6 Å². The molecule has 0 atom stereocenters. The Kier molecular flexibility index (Phi) is 2.92. The van der Waals surface area contributed by atoms with Crippen LogP contribution < -0.4 is 0 Å². The third-order valence-corrected chi connectivity index (χ3v) is 1.26. The SMILES string of the molecule is [N-]=[N+]=CC(=O)CC1OCCO1. The highest BCUT2D eigenvalue weighted by atomic mass is 16.7. The lowest BCUT2D eigenvalue weighted by Crippen LogP contribution is -2.15. The van der Waals surface area contributed by atoms with E-state index in [9.17, 15) is 4.79 Å². The summed E-state index contributed by atoms with van der Waals surface area (Å²) in [6.45, 7) is 1.04. The third-order valence-electron chi connectivity index (χ3n) is 1.26. The zero-order valence-corrected chi connectivity index (χ0v) is 5.90. The van der Waals surface area contributed by atoms with E-state index in [4.69, 9.17) is 15.0 Å². The first-order valence-electron chi connectivity index (χ1n) is 3.26. The molecule has 0 bridgehead atoms. The summed E-state index contributed by atoms with van der Waals surface area (Å²) < 4.78 is 9.97. The van der Waals surface area contributed by atoms with E-state index in [1.54, 1.807) is 0 Å². The second kappa shape index (κ2) is 3.98. The number of hydrogen-bond donors (Lipinski definition) is 0. The molecule has 0 aromatic heterocycles. The number of carbonyl (C=O) groups excluding carboxylic acids is 1. The quantitative estimate of drug-likeness (QED) is 0.317. The number of nitrogens with zero attached hydrogens (tertiary/aromatic N) is 2. The maximum absolute atomic E-state index is 10.7. The van der Waals surface area contributed by atoms with Crippen LogP contribution in [0.3, 0.4) is 0 Å². The Balaban J connectivity index is 2.29. The number of rotatable bonds is 3. The van der Waals surface area contributed by atoms with Gasteiger partial charge in [-0.25, -0.2) is 0 Å². The van der Waals surface area contributed by atoms with Crippen LogP contribution in [0, 0.1) is 0 Å². The van der Waals surface area contributed by atoms with Crippen LogP contribution in [0.4, 0.5) is 0 Å². The van der Waals surface area contributed by atoms with E-state index in [0.717, 1.165) is 6.21 Å². The van der Waals surface area contributed by atoms with Crippen molar-refractivity contribution in [3.05, 3.63) is 5.53 Å². The van der Waals surface area contributed by atoms with Crippen molar-refractivity contribution in [1.82, 2.24) is 0 Å². The minimum atomic E-state index is -0.458. The summed E-state index contributed by atoms with van der Waals surface area (Å²) >= 11 is 0. The molecule has 1 aliphatic heterocycles. The molecule has 0 aromatic rings. The summed E-state index contributed by atoms with van der Waals surface area (Å²) in [7, 11) is 0. The van der Waals surface area contributed by atoms with E-state index in [2.05, 4.69) is 4.79 Å². The van der Waals surface area contributed by atoms with E-state index in [1.165, 1.54) is 0 Å². The van der Waals surface area contributed by atoms with Crippen LogP contribution in [0.1, 0.15) is 6.42 Å². The molecule has 5 nitrogen and oxygen atoms in total. The molecule has 1 rings (SSSR count). The summed E-state index contributed by atoms with van der Waals surface area (Å²) in [6.07, 6.45) is 0.496. The normalized spacial score (nSPS) is 17.8. The summed E-state index contributed by atoms with van der Waals surface area (Å²) in [5.41, 5.74) is 7.98. The Morgan fingerprint density at radius 3 is 2.82 bits per heavy atom. The van der Waals surface area contributed by atoms with Gasteiger partial charge >= 0.3 is 6.21 Å². The fourth-order valence-corrected chi connectivity index (χ4v) is 0.806. The van der Waals surface area contributed by atoms with Gasteiger partial charge in [0.2, 0.25) is 5.78 Å². The maximum Gasteiger partial charge on any atom is 0.323 e. The predicted octanol–water partition coefficient (Wildman–Crippen LogP) is -0.381. The topological polar surface area (TPSA) is 71.9 Å². The van der Waals surface area contributed by atoms with Crippen molar-refractivity contribution in [2.45, 2.75) is 12.7 Å². The van der Waals surface area contributed by atoms with Gasteiger partial charge in [-0.1, -0.05) is 0 Å². The van der Waals surface area contributed by atoms with Gasteiger partial charge < -0.3 is 15.0 Å². The van der Waals surface area contributed by atoms with Gasteiger partial charge in [0.25, 0.3) is 0 Å². The maximum atomic E-state index is 10.7. The second-order valence-electron chi connectivity index (χ2n) is 2.09. The van der Waals surface area contributed by atoms with Crippen molar-refractivity contribution in [3.63, 3.8) is 0 Å². The Bertz CT molecular complexity index is 192. The van der Waals surface area contributed by atoms with Crippen LogP contribution in [-0.2, 0) is 14.3 Å². The molecule has 1 saturated heterocycles. The molecular weight excluding hydrogens is 148 g/mol. The molecule has 11 heavy (non-hydrogen) atoms. The van der Waals surface area contributed by atoms with Crippen LogP contribution in [0.15, 0.2) is 0 Å². The molecule has 0 N–H and O–H groups in total. The largest absolute Gasteiger partial charge is 0.361 e. The first-order chi connectivity index (χ1) is 5.33. The summed E-state index contributed by atoms with van der Waals surface area (Å²) in [5, 5.41) is 0. The predicted molar refractivity (Wildman–Crippen MR) is 35.0 cm³/mol. The zero-order chi connectivity index (χ0) is 8.10. The fourth-order valence-electron chi connectivity index (χ4n) is 0.806. The van der Waals surface area contributed by atoms with Gasteiger partial charge in [-0.3, -0.25) is 4.79 Å². The van der Waals surface area contributed by atoms with Crippen LogP contribution in [0.25, 0.3) is 5.53 Å². The Hall–Kier alpha value is -1.03. The van der Waals surface area contributed by atoms with Crippen LogP contribution in [-0.4, -0.2) is 36.3 Å². The van der Waals surface area contributed by atoms with Gasteiger partial charge in [0.15, 0.2) is 6.29 Å². The van der Waals surface area contributed by atoms with Crippen molar-refractivity contribution in [3.8, 4) is 0 Å². The molecule has 0 spiro atoms. The molecule has 60 valence electrons. The molecule has 0 unspecified atom stereocenters. The van der Waals surface area contributed by atoms with Gasteiger partial charge in [0, 0.05) is 0 Å². The Morgan fingerprint density at radius 2 is 2.27 bits per heavy atom. The Morgan fingerprint density at radius 1 is 1.64 bits per heavy atom. The van der Waals surface area contributed by atoms with Gasteiger partial charge in [-0.2, -0.15) is 4.79 Å². The van der Waals surface area contributed by atoms with Crippen molar-refractivity contribution in [2.24, 2.45) is 0 Å². The zero-order valence-electron chi connectivity index (χ0n) is 5.90. The number of carbonyl (C=O) groups is 1. The third kappa shape index (κ3) is 2.59. The molecule has 1 aliphatic rings. The lowest BCUT2D eigenvalue weighted by atomic mass is 10.3. The van der Waals surface area contributed by atoms with Crippen LogP contribution >= 0.6 is 0 Å².